The number of aryl methyl sites for hydroxylation is 1. The van der Waals surface area contributed by atoms with Gasteiger partial charge in [0.05, 0.1) is 10.0 Å². The van der Waals surface area contributed by atoms with Gasteiger partial charge in [0.25, 0.3) is 0 Å². The Labute approximate surface area is 130 Å². The number of benzene rings is 1. The van der Waals surface area contributed by atoms with Crippen LogP contribution in [-0.4, -0.2) is 19.8 Å². The standard InChI is InChI=1S/C13H9Cl3N4/c1-6-7(2)12-17-18-13(20(12)19-11(6)16)8-3-4-9(14)10(15)5-8/h3-5H,1-2H3. The lowest BCUT2D eigenvalue weighted by Gasteiger charge is -2.05. The molecule has 2 aromatic heterocycles. The van der Waals surface area contributed by atoms with E-state index in [1.165, 1.54) is 0 Å². The Morgan fingerprint density at radius 3 is 2.40 bits per heavy atom. The molecular formula is C13H9Cl3N4. The highest BCUT2D eigenvalue weighted by Crippen LogP contribution is 2.29. The zero-order chi connectivity index (χ0) is 14.4. The molecule has 0 aliphatic rings. The molecule has 4 nitrogen and oxygen atoms in total. The Hall–Kier alpha value is -1.36. The molecule has 20 heavy (non-hydrogen) atoms. The van der Waals surface area contributed by atoms with Crippen molar-refractivity contribution in [3.05, 3.63) is 44.5 Å². The van der Waals surface area contributed by atoms with Gasteiger partial charge in [-0.3, -0.25) is 0 Å². The van der Waals surface area contributed by atoms with Crippen LogP contribution in [0.1, 0.15) is 11.1 Å². The van der Waals surface area contributed by atoms with Crippen molar-refractivity contribution in [2.24, 2.45) is 0 Å². The fourth-order valence-corrected chi connectivity index (χ4v) is 2.42. The molecule has 7 heteroatoms. The van der Waals surface area contributed by atoms with E-state index in [4.69, 9.17) is 34.8 Å². The maximum atomic E-state index is 6.13. The Morgan fingerprint density at radius 2 is 1.70 bits per heavy atom. The van der Waals surface area contributed by atoms with Crippen molar-refractivity contribution >= 4 is 40.4 Å². The minimum absolute atomic E-state index is 0.427. The first kappa shape index (κ1) is 13.6. The molecule has 0 bridgehead atoms. The van der Waals surface area contributed by atoms with Crippen LogP contribution < -0.4 is 0 Å². The maximum Gasteiger partial charge on any atom is 0.185 e. The monoisotopic (exact) mass is 326 g/mol. The minimum Gasteiger partial charge on any atom is -0.191 e. The molecule has 0 aliphatic heterocycles. The molecule has 0 saturated carbocycles. The molecule has 0 fully saturated rings. The van der Waals surface area contributed by atoms with Crippen molar-refractivity contribution in [2.75, 3.05) is 0 Å². The second-order valence-electron chi connectivity index (χ2n) is 4.43. The quantitative estimate of drug-likeness (QED) is 0.666. The average molecular weight is 328 g/mol. The largest absolute Gasteiger partial charge is 0.191 e. The maximum absolute atomic E-state index is 6.13. The Balaban J connectivity index is 2.29. The summed E-state index contributed by atoms with van der Waals surface area (Å²) in [6, 6.07) is 5.25. The summed E-state index contributed by atoms with van der Waals surface area (Å²) in [5.41, 5.74) is 3.29. The lowest BCUT2D eigenvalue weighted by molar-refractivity contribution is 0.919. The van der Waals surface area contributed by atoms with E-state index in [1.807, 2.05) is 19.9 Å². The summed E-state index contributed by atoms with van der Waals surface area (Å²) in [6.07, 6.45) is 0. The number of hydrogen-bond acceptors (Lipinski definition) is 3. The first-order valence-electron chi connectivity index (χ1n) is 5.82. The van der Waals surface area contributed by atoms with E-state index >= 15 is 0 Å². The number of fused-ring (bicyclic) bond motifs is 1. The number of nitrogens with zero attached hydrogens (tertiary/aromatic N) is 4. The summed E-state index contributed by atoms with van der Waals surface area (Å²) in [5.74, 6) is 0.573. The lowest BCUT2D eigenvalue weighted by atomic mass is 10.2. The summed E-state index contributed by atoms with van der Waals surface area (Å²) in [6.45, 7) is 3.84. The zero-order valence-corrected chi connectivity index (χ0v) is 12.9. The Morgan fingerprint density at radius 1 is 0.950 bits per heavy atom. The van der Waals surface area contributed by atoms with Gasteiger partial charge in [-0.05, 0) is 37.6 Å². The fraction of sp³-hybridized carbons (Fsp3) is 0.154. The van der Waals surface area contributed by atoms with E-state index in [9.17, 15) is 0 Å². The van der Waals surface area contributed by atoms with Crippen LogP contribution in [0.2, 0.25) is 15.2 Å². The van der Waals surface area contributed by atoms with Crippen molar-refractivity contribution in [3.63, 3.8) is 0 Å². The van der Waals surface area contributed by atoms with Crippen molar-refractivity contribution < 1.29 is 0 Å². The number of hydrogen-bond donors (Lipinski definition) is 0. The van der Waals surface area contributed by atoms with Gasteiger partial charge in [0.15, 0.2) is 16.6 Å². The number of rotatable bonds is 1. The van der Waals surface area contributed by atoms with Crippen molar-refractivity contribution in [1.29, 1.82) is 0 Å². The third kappa shape index (κ3) is 2.04. The SMILES string of the molecule is Cc1c(Cl)nn2c(-c3ccc(Cl)c(Cl)c3)nnc2c1C. The van der Waals surface area contributed by atoms with Crippen molar-refractivity contribution in [1.82, 2.24) is 19.8 Å². The summed E-state index contributed by atoms with van der Waals surface area (Å²) in [5, 5.41) is 14.0. The number of halogens is 3. The molecule has 3 aromatic rings. The summed E-state index contributed by atoms with van der Waals surface area (Å²) < 4.78 is 1.62. The van der Waals surface area contributed by atoms with Crippen LogP contribution in [-0.2, 0) is 0 Å². The molecule has 0 unspecified atom stereocenters. The van der Waals surface area contributed by atoms with Gasteiger partial charge in [-0.15, -0.1) is 10.2 Å². The first-order chi connectivity index (χ1) is 9.49. The normalized spacial score (nSPS) is 11.2. The highest BCUT2D eigenvalue weighted by atomic mass is 35.5. The van der Waals surface area contributed by atoms with Gasteiger partial charge in [0.2, 0.25) is 0 Å². The van der Waals surface area contributed by atoms with Crippen LogP contribution in [0.15, 0.2) is 18.2 Å². The summed E-state index contributed by atoms with van der Waals surface area (Å²) in [4.78, 5) is 0. The van der Waals surface area contributed by atoms with Crippen molar-refractivity contribution in [3.8, 4) is 11.4 Å². The van der Waals surface area contributed by atoms with E-state index in [1.54, 1.807) is 16.6 Å². The van der Waals surface area contributed by atoms with Crippen LogP contribution in [0.4, 0.5) is 0 Å². The molecule has 0 aliphatic carbocycles. The van der Waals surface area contributed by atoms with Gasteiger partial charge >= 0.3 is 0 Å². The number of aromatic nitrogens is 4. The molecule has 3 rings (SSSR count). The summed E-state index contributed by atoms with van der Waals surface area (Å²) >= 11 is 18.1. The second kappa shape index (κ2) is 4.88. The van der Waals surface area contributed by atoms with E-state index in [0.29, 0.717) is 26.7 Å². The Bertz CT molecular complexity index is 826. The predicted molar refractivity (Wildman–Crippen MR) is 80.7 cm³/mol. The van der Waals surface area contributed by atoms with Crippen molar-refractivity contribution in [2.45, 2.75) is 13.8 Å². The Kier molecular flexibility index (Phi) is 3.32. The topological polar surface area (TPSA) is 43.1 Å². The van der Waals surface area contributed by atoms with E-state index < -0.39 is 0 Å². The van der Waals surface area contributed by atoms with Gasteiger partial charge in [-0.2, -0.15) is 9.61 Å². The van der Waals surface area contributed by atoms with E-state index in [-0.39, 0.29) is 0 Å². The molecule has 0 amide bonds. The van der Waals surface area contributed by atoms with E-state index in [0.717, 1.165) is 16.7 Å². The smallest absolute Gasteiger partial charge is 0.185 e. The van der Waals surface area contributed by atoms with Crippen LogP contribution in [0.25, 0.3) is 17.0 Å². The van der Waals surface area contributed by atoms with Crippen LogP contribution in [0.3, 0.4) is 0 Å². The molecule has 0 N–H and O–H groups in total. The second-order valence-corrected chi connectivity index (χ2v) is 5.60. The highest BCUT2D eigenvalue weighted by molar-refractivity contribution is 6.42. The minimum atomic E-state index is 0.427. The van der Waals surface area contributed by atoms with Gasteiger partial charge in [0, 0.05) is 11.1 Å². The lowest BCUT2D eigenvalue weighted by Crippen LogP contribution is -2.00. The van der Waals surface area contributed by atoms with Gasteiger partial charge in [0.1, 0.15) is 0 Å². The summed E-state index contributed by atoms with van der Waals surface area (Å²) in [7, 11) is 0. The molecule has 2 heterocycles. The molecular weight excluding hydrogens is 319 g/mol. The molecule has 0 atom stereocenters. The molecule has 0 spiro atoms. The highest BCUT2D eigenvalue weighted by Gasteiger charge is 2.15. The average Bonchev–Trinajstić information content (AvgIpc) is 2.83. The molecule has 0 saturated heterocycles. The molecule has 0 radical (unpaired) electrons. The third-order valence-corrected chi connectivity index (χ3v) is 4.31. The van der Waals surface area contributed by atoms with Crippen LogP contribution in [0.5, 0.6) is 0 Å². The third-order valence-electron chi connectivity index (χ3n) is 3.21. The zero-order valence-electron chi connectivity index (χ0n) is 10.7. The predicted octanol–water partition coefficient (Wildman–Crippen LogP) is 4.37. The van der Waals surface area contributed by atoms with E-state index in [2.05, 4.69) is 15.3 Å². The van der Waals surface area contributed by atoms with Gasteiger partial charge in [-0.1, -0.05) is 34.8 Å². The van der Waals surface area contributed by atoms with Crippen LogP contribution in [0, 0.1) is 13.8 Å². The molecule has 102 valence electrons. The van der Waals surface area contributed by atoms with Gasteiger partial charge in [-0.25, -0.2) is 0 Å². The molecule has 1 aromatic carbocycles. The van der Waals surface area contributed by atoms with Gasteiger partial charge < -0.3 is 0 Å². The first-order valence-corrected chi connectivity index (χ1v) is 6.96. The fourth-order valence-electron chi connectivity index (χ4n) is 1.91. The van der Waals surface area contributed by atoms with Crippen LogP contribution >= 0.6 is 34.8 Å².